The van der Waals surface area contributed by atoms with Gasteiger partial charge in [-0.3, -0.25) is 9.69 Å². The maximum absolute atomic E-state index is 11.4. The standard InChI is InChI=1S/C12H18N6OS/c1-14-12(19)9-2-3-11(16-15-9)18-6-4-17(5-7-18)8-10(13)20/h2-3H,4-8H2,1H3,(H2,13,20)(H,14,19). The second-order valence-electron chi connectivity index (χ2n) is 4.59. The van der Waals surface area contributed by atoms with E-state index in [4.69, 9.17) is 18.0 Å². The van der Waals surface area contributed by atoms with Crippen LogP contribution in [0.5, 0.6) is 0 Å². The van der Waals surface area contributed by atoms with Crippen LogP contribution in [0.2, 0.25) is 0 Å². The Labute approximate surface area is 123 Å². The van der Waals surface area contributed by atoms with Crippen molar-refractivity contribution in [3.05, 3.63) is 17.8 Å². The lowest BCUT2D eigenvalue weighted by Crippen LogP contribution is -2.48. The van der Waals surface area contributed by atoms with Crippen LogP contribution >= 0.6 is 12.2 Å². The van der Waals surface area contributed by atoms with E-state index in [0.717, 1.165) is 32.0 Å². The van der Waals surface area contributed by atoms with Crippen molar-refractivity contribution in [1.82, 2.24) is 20.4 Å². The predicted molar refractivity (Wildman–Crippen MR) is 80.9 cm³/mol. The minimum Gasteiger partial charge on any atom is -0.392 e. The van der Waals surface area contributed by atoms with Crippen molar-refractivity contribution in [2.24, 2.45) is 5.73 Å². The van der Waals surface area contributed by atoms with Gasteiger partial charge < -0.3 is 16.0 Å². The first-order valence-electron chi connectivity index (χ1n) is 6.41. The molecule has 1 fully saturated rings. The molecule has 7 nitrogen and oxygen atoms in total. The number of rotatable bonds is 4. The zero-order valence-electron chi connectivity index (χ0n) is 11.4. The van der Waals surface area contributed by atoms with Gasteiger partial charge in [0.2, 0.25) is 0 Å². The number of piperazine rings is 1. The van der Waals surface area contributed by atoms with Gasteiger partial charge in [-0.15, -0.1) is 10.2 Å². The topological polar surface area (TPSA) is 87.4 Å². The summed E-state index contributed by atoms with van der Waals surface area (Å²) in [5, 5.41) is 10.6. The van der Waals surface area contributed by atoms with Gasteiger partial charge >= 0.3 is 0 Å². The highest BCUT2D eigenvalue weighted by Crippen LogP contribution is 2.12. The summed E-state index contributed by atoms with van der Waals surface area (Å²) in [5.41, 5.74) is 5.87. The molecule has 1 aliphatic heterocycles. The molecule has 2 rings (SSSR count). The molecule has 8 heteroatoms. The fourth-order valence-electron chi connectivity index (χ4n) is 2.10. The molecule has 1 aliphatic rings. The number of hydrogen-bond donors (Lipinski definition) is 2. The molecular weight excluding hydrogens is 276 g/mol. The van der Waals surface area contributed by atoms with Gasteiger partial charge in [0, 0.05) is 39.8 Å². The highest BCUT2D eigenvalue weighted by Gasteiger charge is 2.19. The van der Waals surface area contributed by atoms with Crippen LogP contribution in [-0.4, -0.2) is 65.8 Å². The molecule has 108 valence electrons. The average Bonchev–Trinajstić information content (AvgIpc) is 2.47. The number of carbonyl (C=O) groups excluding carboxylic acids is 1. The third kappa shape index (κ3) is 3.61. The van der Waals surface area contributed by atoms with Crippen LogP contribution in [-0.2, 0) is 0 Å². The summed E-state index contributed by atoms with van der Waals surface area (Å²) in [7, 11) is 1.57. The molecule has 2 heterocycles. The maximum Gasteiger partial charge on any atom is 0.271 e. The predicted octanol–water partition coefficient (Wildman–Crippen LogP) is -0.756. The van der Waals surface area contributed by atoms with Crippen molar-refractivity contribution in [2.45, 2.75) is 0 Å². The summed E-state index contributed by atoms with van der Waals surface area (Å²) >= 11 is 4.91. The molecule has 0 saturated carbocycles. The van der Waals surface area contributed by atoms with E-state index in [1.807, 2.05) is 6.07 Å². The summed E-state index contributed by atoms with van der Waals surface area (Å²) in [5.74, 6) is 0.554. The normalized spacial score (nSPS) is 15.9. The Hall–Kier alpha value is -1.80. The van der Waals surface area contributed by atoms with E-state index in [0.29, 0.717) is 17.2 Å². The van der Waals surface area contributed by atoms with Crippen molar-refractivity contribution >= 4 is 28.9 Å². The molecule has 1 saturated heterocycles. The van der Waals surface area contributed by atoms with Gasteiger partial charge in [-0.25, -0.2) is 0 Å². The third-order valence-corrected chi connectivity index (χ3v) is 3.31. The zero-order chi connectivity index (χ0) is 14.5. The van der Waals surface area contributed by atoms with E-state index >= 15 is 0 Å². The van der Waals surface area contributed by atoms with Crippen LogP contribution in [0, 0.1) is 0 Å². The number of hydrogen-bond acceptors (Lipinski definition) is 6. The molecule has 1 aromatic heterocycles. The highest BCUT2D eigenvalue weighted by atomic mass is 32.1. The molecule has 0 bridgehead atoms. The lowest BCUT2D eigenvalue weighted by Gasteiger charge is -2.34. The quantitative estimate of drug-likeness (QED) is 0.706. The van der Waals surface area contributed by atoms with Gasteiger partial charge in [-0.05, 0) is 12.1 Å². The van der Waals surface area contributed by atoms with Gasteiger partial charge in [0.05, 0.1) is 4.99 Å². The first-order valence-corrected chi connectivity index (χ1v) is 6.82. The Kier molecular flexibility index (Phi) is 4.80. The Morgan fingerprint density at radius 1 is 1.35 bits per heavy atom. The monoisotopic (exact) mass is 294 g/mol. The van der Waals surface area contributed by atoms with E-state index in [1.54, 1.807) is 13.1 Å². The first kappa shape index (κ1) is 14.6. The molecule has 0 unspecified atom stereocenters. The van der Waals surface area contributed by atoms with Crippen LogP contribution in [0.25, 0.3) is 0 Å². The number of nitrogens with one attached hydrogen (secondary N) is 1. The lowest BCUT2D eigenvalue weighted by atomic mass is 10.3. The van der Waals surface area contributed by atoms with Crippen molar-refractivity contribution in [3.63, 3.8) is 0 Å². The first-order chi connectivity index (χ1) is 9.60. The number of nitrogens with zero attached hydrogens (tertiary/aromatic N) is 4. The second-order valence-corrected chi connectivity index (χ2v) is 5.11. The second kappa shape index (κ2) is 6.58. The molecule has 0 atom stereocenters. The van der Waals surface area contributed by atoms with Crippen molar-refractivity contribution in [1.29, 1.82) is 0 Å². The minimum absolute atomic E-state index is 0.231. The number of amides is 1. The smallest absolute Gasteiger partial charge is 0.271 e. The Bertz CT molecular complexity index is 483. The van der Waals surface area contributed by atoms with Gasteiger partial charge in [0.1, 0.15) is 0 Å². The number of thiocarbonyl (C=S) groups is 1. The summed E-state index contributed by atoms with van der Waals surface area (Å²) < 4.78 is 0. The van der Waals surface area contributed by atoms with Crippen molar-refractivity contribution in [3.8, 4) is 0 Å². The molecule has 0 radical (unpaired) electrons. The fourth-order valence-corrected chi connectivity index (χ4v) is 2.28. The fraction of sp³-hybridized carbons (Fsp3) is 0.500. The summed E-state index contributed by atoms with van der Waals surface area (Å²) in [6.45, 7) is 4.12. The third-order valence-electron chi connectivity index (χ3n) is 3.19. The summed E-state index contributed by atoms with van der Waals surface area (Å²) in [6.07, 6.45) is 0. The molecule has 1 amide bonds. The summed E-state index contributed by atoms with van der Waals surface area (Å²) in [6, 6.07) is 3.50. The van der Waals surface area contributed by atoms with Crippen LogP contribution in [0.1, 0.15) is 10.5 Å². The summed E-state index contributed by atoms with van der Waals surface area (Å²) in [4.78, 5) is 16.3. The van der Waals surface area contributed by atoms with E-state index in [-0.39, 0.29) is 5.91 Å². The van der Waals surface area contributed by atoms with Gasteiger partial charge in [0.15, 0.2) is 11.5 Å². The van der Waals surface area contributed by atoms with Gasteiger partial charge in [-0.1, -0.05) is 12.2 Å². The molecule has 3 N–H and O–H groups in total. The average molecular weight is 294 g/mol. The van der Waals surface area contributed by atoms with E-state index in [2.05, 4.69) is 25.3 Å². The van der Waals surface area contributed by atoms with E-state index < -0.39 is 0 Å². The van der Waals surface area contributed by atoms with Crippen LogP contribution in [0.4, 0.5) is 5.82 Å². The number of nitrogens with two attached hydrogens (primary N) is 1. The number of carbonyl (C=O) groups is 1. The van der Waals surface area contributed by atoms with E-state index in [1.165, 1.54) is 0 Å². The zero-order valence-corrected chi connectivity index (χ0v) is 12.2. The van der Waals surface area contributed by atoms with Gasteiger partial charge in [-0.2, -0.15) is 0 Å². The molecule has 0 aliphatic carbocycles. The Morgan fingerprint density at radius 3 is 2.55 bits per heavy atom. The van der Waals surface area contributed by atoms with Gasteiger partial charge in [0.25, 0.3) is 5.91 Å². The number of aromatic nitrogens is 2. The van der Waals surface area contributed by atoms with Crippen LogP contribution in [0.15, 0.2) is 12.1 Å². The van der Waals surface area contributed by atoms with Crippen LogP contribution < -0.4 is 16.0 Å². The SMILES string of the molecule is CNC(=O)c1ccc(N2CCN(CC(N)=S)CC2)nn1. The highest BCUT2D eigenvalue weighted by molar-refractivity contribution is 7.80. The molecule has 20 heavy (non-hydrogen) atoms. The Balaban J connectivity index is 1.93. The molecule has 0 spiro atoms. The van der Waals surface area contributed by atoms with Crippen molar-refractivity contribution in [2.75, 3.05) is 44.7 Å². The van der Waals surface area contributed by atoms with Crippen LogP contribution in [0.3, 0.4) is 0 Å². The maximum atomic E-state index is 11.4. The van der Waals surface area contributed by atoms with Crippen molar-refractivity contribution < 1.29 is 4.79 Å². The Morgan fingerprint density at radius 2 is 2.05 bits per heavy atom. The largest absolute Gasteiger partial charge is 0.392 e. The molecule has 0 aromatic carbocycles. The van der Waals surface area contributed by atoms with E-state index in [9.17, 15) is 4.79 Å². The molecular formula is C12H18N6OS. The lowest BCUT2D eigenvalue weighted by molar-refractivity contribution is 0.0957. The number of anilines is 1. The minimum atomic E-state index is -0.231. The molecule has 1 aromatic rings.